The number of hydrogen-bond donors (Lipinski definition) is 0. The van der Waals surface area contributed by atoms with E-state index in [-0.39, 0.29) is 10.0 Å². The summed E-state index contributed by atoms with van der Waals surface area (Å²) >= 11 is 3.02. The summed E-state index contributed by atoms with van der Waals surface area (Å²) in [5.41, 5.74) is -0.817. The van der Waals surface area contributed by atoms with E-state index in [0.717, 1.165) is 0 Å². The van der Waals surface area contributed by atoms with Gasteiger partial charge in [-0.3, -0.25) is 0 Å². The topological polar surface area (TPSA) is 29.4 Å². The van der Waals surface area contributed by atoms with Crippen molar-refractivity contribution in [2.45, 2.75) is 25.3 Å². The summed E-state index contributed by atoms with van der Waals surface area (Å²) in [5.74, 6) is -1.31. The fourth-order valence-corrected chi connectivity index (χ4v) is 2.30. The van der Waals surface area contributed by atoms with Crippen molar-refractivity contribution in [3.8, 4) is 0 Å². The highest BCUT2D eigenvalue weighted by Crippen LogP contribution is 2.52. The van der Waals surface area contributed by atoms with Crippen LogP contribution in [0, 0.1) is 18.6 Å². The molecule has 84 valence electrons. The highest BCUT2D eigenvalue weighted by Gasteiger charge is 2.49. The van der Waals surface area contributed by atoms with Gasteiger partial charge in [-0.05, 0) is 47.3 Å². The summed E-state index contributed by atoms with van der Waals surface area (Å²) in [7, 11) is 0. The Morgan fingerprint density at radius 3 is 2.56 bits per heavy atom. The second kappa shape index (κ2) is 3.75. The molecule has 0 saturated heterocycles. The smallest absolute Gasteiger partial charge is 0.211 e. The Morgan fingerprint density at radius 2 is 2.06 bits per heavy atom. The van der Waals surface area contributed by atoms with Crippen molar-refractivity contribution in [2.24, 2.45) is 4.99 Å². The first-order chi connectivity index (χ1) is 7.52. The summed E-state index contributed by atoms with van der Waals surface area (Å²) in [4.78, 5) is 13.8. The Labute approximate surface area is 99.5 Å². The quantitative estimate of drug-likeness (QED) is 0.466. The van der Waals surface area contributed by atoms with Gasteiger partial charge >= 0.3 is 0 Å². The van der Waals surface area contributed by atoms with E-state index >= 15 is 0 Å². The number of carbonyl (C=O) groups excluding carboxylic acids is 1. The van der Waals surface area contributed by atoms with E-state index in [9.17, 15) is 13.6 Å². The molecule has 0 aromatic heterocycles. The largest absolute Gasteiger partial charge is 0.235 e. The molecular weight excluding hydrogens is 280 g/mol. The third-order valence-electron chi connectivity index (χ3n) is 2.79. The van der Waals surface area contributed by atoms with Gasteiger partial charge in [0.15, 0.2) is 0 Å². The van der Waals surface area contributed by atoms with Crippen LogP contribution >= 0.6 is 15.9 Å². The lowest BCUT2D eigenvalue weighted by atomic mass is 10.0. The van der Waals surface area contributed by atoms with Gasteiger partial charge in [-0.2, -0.15) is 4.99 Å². The molecule has 0 unspecified atom stereocenters. The first-order valence-electron chi connectivity index (χ1n) is 4.75. The normalized spacial score (nSPS) is 16.8. The maximum atomic E-state index is 13.9. The summed E-state index contributed by atoms with van der Waals surface area (Å²) in [6, 6.07) is 1.37. The third kappa shape index (κ3) is 1.60. The lowest BCUT2D eigenvalue weighted by molar-refractivity contribution is 0.507. The highest BCUT2D eigenvalue weighted by molar-refractivity contribution is 9.10. The zero-order valence-corrected chi connectivity index (χ0v) is 10.1. The molecule has 0 N–H and O–H groups in total. The Kier molecular flexibility index (Phi) is 2.68. The number of isocyanates is 1. The van der Waals surface area contributed by atoms with Crippen LogP contribution in [-0.4, -0.2) is 6.08 Å². The first-order valence-corrected chi connectivity index (χ1v) is 5.55. The third-order valence-corrected chi connectivity index (χ3v) is 3.36. The van der Waals surface area contributed by atoms with Gasteiger partial charge < -0.3 is 0 Å². The summed E-state index contributed by atoms with van der Waals surface area (Å²) in [6.45, 7) is 1.55. The van der Waals surface area contributed by atoms with Gasteiger partial charge in [0.2, 0.25) is 6.08 Å². The molecule has 0 bridgehead atoms. The van der Waals surface area contributed by atoms with Crippen LogP contribution in [0.2, 0.25) is 0 Å². The molecule has 0 aliphatic heterocycles. The molecular formula is C11H8BrF2NO. The van der Waals surface area contributed by atoms with E-state index < -0.39 is 17.2 Å². The van der Waals surface area contributed by atoms with Crippen molar-refractivity contribution in [3.63, 3.8) is 0 Å². The lowest BCUT2D eigenvalue weighted by Gasteiger charge is -2.13. The second-order valence-corrected chi connectivity index (χ2v) is 4.77. The van der Waals surface area contributed by atoms with Gasteiger partial charge in [0, 0.05) is 0 Å². The monoisotopic (exact) mass is 287 g/mol. The van der Waals surface area contributed by atoms with E-state index in [4.69, 9.17) is 0 Å². The number of aliphatic imine (C=N–C) groups is 1. The number of hydrogen-bond acceptors (Lipinski definition) is 2. The van der Waals surface area contributed by atoms with Gasteiger partial charge in [-0.15, -0.1) is 0 Å². The fourth-order valence-electron chi connectivity index (χ4n) is 1.76. The van der Waals surface area contributed by atoms with E-state index in [1.54, 1.807) is 6.92 Å². The Balaban J connectivity index is 2.69. The minimum absolute atomic E-state index is 0.122. The first kappa shape index (κ1) is 11.4. The van der Waals surface area contributed by atoms with E-state index in [2.05, 4.69) is 20.9 Å². The SMILES string of the molecule is Cc1cc(Br)c(F)c(C2(N=C=O)CC2)c1F. The maximum absolute atomic E-state index is 13.9. The standard InChI is InChI=1S/C11H8BrF2NO/c1-6-4-7(12)10(14)8(9(6)13)11(2-3-11)15-5-16/h4H,2-3H2,1H3. The molecule has 2 rings (SSSR count). The molecule has 1 saturated carbocycles. The van der Waals surface area contributed by atoms with E-state index in [1.165, 1.54) is 12.1 Å². The summed E-state index contributed by atoms with van der Waals surface area (Å²) < 4.78 is 27.9. The van der Waals surface area contributed by atoms with Crippen LogP contribution in [0.1, 0.15) is 24.0 Å². The van der Waals surface area contributed by atoms with Gasteiger partial charge in [0.25, 0.3) is 0 Å². The van der Waals surface area contributed by atoms with Gasteiger partial charge in [-0.25, -0.2) is 13.6 Å². The molecule has 2 nitrogen and oxygen atoms in total. The van der Waals surface area contributed by atoms with Crippen LogP contribution in [0.4, 0.5) is 8.78 Å². The molecule has 1 aromatic carbocycles. The predicted molar refractivity (Wildman–Crippen MR) is 57.8 cm³/mol. The molecule has 0 heterocycles. The van der Waals surface area contributed by atoms with Crippen LogP contribution in [0.3, 0.4) is 0 Å². The number of nitrogens with zero attached hydrogens (tertiary/aromatic N) is 1. The van der Waals surface area contributed by atoms with Gasteiger partial charge in [0.1, 0.15) is 17.2 Å². The molecule has 1 aromatic rings. The maximum Gasteiger partial charge on any atom is 0.235 e. The van der Waals surface area contributed by atoms with Crippen molar-refractivity contribution in [3.05, 3.63) is 33.3 Å². The molecule has 5 heteroatoms. The minimum atomic E-state index is -1.02. The fraction of sp³-hybridized carbons (Fsp3) is 0.364. The van der Waals surface area contributed by atoms with E-state index in [1.807, 2.05) is 0 Å². The second-order valence-electron chi connectivity index (χ2n) is 3.91. The van der Waals surface area contributed by atoms with Crippen molar-refractivity contribution in [1.29, 1.82) is 0 Å². The average molecular weight is 288 g/mol. The molecule has 0 spiro atoms. The number of benzene rings is 1. The average Bonchev–Trinajstić information content (AvgIpc) is 2.97. The van der Waals surface area contributed by atoms with Crippen LogP contribution < -0.4 is 0 Å². The van der Waals surface area contributed by atoms with Crippen LogP contribution in [0.15, 0.2) is 15.5 Å². The molecule has 0 radical (unpaired) electrons. The summed E-state index contributed by atoms with van der Waals surface area (Å²) in [5, 5.41) is 0. The van der Waals surface area contributed by atoms with Gasteiger partial charge in [-0.1, -0.05) is 0 Å². The predicted octanol–water partition coefficient (Wildman–Crippen LogP) is 3.36. The summed E-state index contributed by atoms with van der Waals surface area (Å²) in [6.07, 6.45) is 2.34. The number of halogens is 3. The Bertz CT molecular complexity index is 479. The zero-order valence-electron chi connectivity index (χ0n) is 8.48. The van der Waals surface area contributed by atoms with Crippen molar-refractivity contribution in [2.75, 3.05) is 0 Å². The number of rotatable bonds is 2. The van der Waals surface area contributed by atoms with Crippen LogP contribution in [0.5, 0.6) is 0 Å². The highest BCUT2D eigenvalue weighted by atomic mass is 79.9. The van der Waals surface area contributed by atoms with Crippen molar-refractivity contribution in [1.82, 2.24) is 0 Å². The van der Waals surface area contributed by atoms with Crippen LogP contribution in [0.25, 0.3) is 0 Å². The molecule has 0 atom stereocenters. The van der Waals surface area contributed by atoms with Crippen molar-refractivity contribution < 1.29 is 13.6 Å². The molecule has 1 aliphatic carbocycles. The molecule has 1 aliphatic rings. The van der Waals surface area contributed by atoms with E-state index in [0.29, 0.717) is 18.4 Å². The zero-order chi connectivity index (χ0) is 11.9. The van der Waals surface area contributed by atoms with Gasteiger partial charge in [0.05, 0.1) is 10.0 Å². The molecule has 1 fully saturated rings. The lowest BCUT2D eigenvalue weighted by Crippen LogP contribution is -2.11. The molecule has 16 heavy (non-hydrogen) atoms. The number of aryl methyl sites for hydroxylation is 1. The minimum Gasteiger partial charge on any atom is -0.211 e. The Hall–Kier alpha value is -1.06. The van der Waals surface area contributed by atoms with Crippen LogP contribution in [-0.2, 0) is 10.3 Å². The van der Waals surface area contributed by atoms with Crippen molar-refractivity contribution >= 4 is 22.0 Å². The Morgan fingerprint density at radius 1 is 1.44 bits per heavy atom. The molecule has 0 amide bonds.